The molecule has 0 heterocycles. The Morgan fingerprint density at radius 1 is 1.24 bits per heavy atom. The lowest BCUT2D eigenvalue weighted by Crippen LogP contribution is -2.23. The fourth-order valence-corrected chi connectivity index (χ4v) is 2.05. The minimum atomic E-state index is -0.602. The average molecular weight is 286 g/mol. The van der Waals surface area contributed by atoms with Crippen LogP contribution in [0.25, 0.3) is 10.8 Å². The number of benzene rings is 2. The molecule has 0 aromatic heterocycles. The van der Waals surface area contributed by atoms with Crippen molar-refractivity contribution in [3.8, 4) is 0 Å². The standard InChI is InChI=1S/C17H18O4/c1-12(2)17(18)20-11-16(21-19)10-13-7-8-14-5-3-4-6-15(14)9-13/h3-9,16,19H,1,10-11H2,2H3. The van der Waals surface area contributed by atoms with Crippen LogP contribution >= 0.6 is 0 Å². The Kier molecular flexibility index (Phi) is 5.09. The zero-order chi connectivity index (χ0) is 15.2. The molecule has 2 aromatic rings. The van der Waals surface area contributed by atoms with Crippen molar-refractivity contribution < 1.29 is 19.7 Å². The summed E-state index contributed by atoms with van der Waals surface area (Å²) in [5.74, 6) is -0.490. The van der Waals surface area contributed by atoms with Crippen LogP contribution in [0, 0.1) is 0 Å². The Morgan fingerprint density at radius 3 is 2.62 bits per heavy atom. The van der Waals surface area contributed by atoms with E-state index in [1.807, 2.05) is 42.5 Å². The average Bonchev–Trinajstić information content (AvgIpc) is 2.50. The third-order valence-corrected chi connectivity index (χ3v) is 3.18. The summed E-state index contributed by atoms with van der Waals surface area (Å²) in [6, 6.07) is 14.0. The van der Waals surface area contributed by atoms with Crippen LogP contribution in [0.15, 0.2) is 54.6 Å². The third-order valence-electron chi connectivity index (χ3n) is 3.18. The van der Waals surface area contributed by atoms with Gasteiger partial charge in [-0.2, -0.15) is 0 Å². The van der Waals surface area contributed by atoms with E-state index in [2.05, 4.69) is 11.5 Å². The molecule has 0 bridgehead atoms. The first-order valence-electron chi connectivity index (χ1n) is 6.70. The minimum absolute atomic E-state index is 0.0188. The molecule has 0 saturated heterocycles. The van der Waals surface area contributed by atoms with Gasteiger partial charge in [-0.1, -0.05) is 49.0 Å². The van der Waals surface area contributed by atoms with Crippen molar-refractivity contribution >= 4 is 16.7 Å². The first-order valence-corrected chi connectivity index (χ1v) is 6.70. The fraction of sp³-hybridized carbons (Fsp3) is 0.235. The number of ether oxygens (including phenoxy) is 1. The molecule has 0 aliphatic carbocycles. The van der Waals surface area contributed by atoms with Gasteiger partial charge < -0.3 is 4.74 Å². The molecule has 1 atom stereocenters. The van der Waals surface area contributed by atoms with Crippen LogP contribution in [-0.4, -0.2) is 23.9 Å². The molecular formula is C17H18O4. The zero-order valence-electron chi connectivity index (χ0n) is 11.9. The van der Waals surface area contributed by atoms with Crippen molar-refractivity contribution in [2.75, 3.05) is 6.61 Å². The van der Waals surface area contributed by atoms with Gasteiger partial charge in [0.1, 0.15) is 12.7 Å². The maximum atomic E-state index is 11.3. The van der Waals surface area contributed by atoms with Gasteiger partial charge >= 0.3 is 5.97 Å². The summed E-state index contributed by atoms with van der Waals surface area (Å²) in [4.78, 5) is 15.7. The number of fused-ring (bicyclic) bond motifs is 1. The summed E-state index contributed by atoms with van der Waals surface area (Å²) >= 11 is 0. The van der Waals surface area contributed by atoms with Crippen LogP contribution in [0.3, 0.4) is 0 Å². The Labute approximate surface area is 123 Å². The Hall–Kier alpha value is -2.17. The highest BCUT2D eigenvalue weighted by molar-refractivity contribution is 5.87. The number of carbonyl (C=O) groups excluding carboxylic acids is 1. The largest absolute Gasteiger partial charge is 0.459 e. The summed E-state index contributed by atoms with van der Waals surface area (Å²) in [7, 11) is 0. The highest BCUT2D eigenvalue weighted by Gasteiger charge is 2.14. The first kappa shape index (κ1) is 15.2. The molecule has 4 nitrogen and oxygen atoms in total. The van der Waals surface area contributed by atoms with Crippen molar-refractivity contribution in [2.45, 2.75) is 19.4 Å². The maximum Gasteiger partial charge on any atom is 0.333 e. The molecule has 1 unspecified atom stereocenters. The van der Waals surface area contributed by atoms with Crippen molar-refractivity contribution in [1.82, 2.24) is 0 Å². The van der Waals surface area contributed by atoms with E-state index < -0.39 is 12.1 Å². The van der Waals surface area contributed by atoms with Crippen LogP contribution in [0.1, 0.15) is 12.5 Å². The third kappa shape index (κ3) is 4.15. The fourth-order valence-electron chi connectivity index (χ4n) is 2.05. The van der Waals surface area contributed by atoms with Gasteiger partial charge in [-0.25, -0.2) is 9.68 Å². The molecule has 0 amide bonds. The lowest BCUT2D eigenvalue weighted by Gasteiger charge is -2.14. The van der Waals surface area contributed by atoms with E-state index >= 15 is 0 Å². The summed E-state index contributed by atoms with van der Waals surface area (Å²) in [5.41, 5.74) is 1.32. The van der Waals surface area contributed by atoms with E-state index in [9.17, 15) is 4.79 Å². The second-order valence-corrected chi connectivity index (χ2v) is 4.99. The quantitative estimate of drug-likeness (QED) is 0.383. The maximum absolute atomic E-state index is 11.3. The molecule has 0 saturated carbocycles. The predicted molar refractivity (Wildman–Crippen MR) is 80.9 cm³/mol. The van der Waals surface area contributed by atoms with E-state index in [0.717, 1.165) is 16.3 Å². The van der Waals surface area contributed by atoms with Gasteiger partial charge in [-0.3, -0.25) is 5.26 Å². The highest BCUT2D eigenvalue weighted by atomic mass is 17.1. The molecule has 2 rings (SSSR count). The summed E-state index contributed by atoms with van der Waals surface area (Å²) < 4.78 is 4.99. The van der Waals surface area contributed by atoms with Crippen LogP contribution in [-0.2, 0) is 20.8 Å². The molecule has 1 N–H and O–H groups in total. The van der Waals surface area contributed by atoms with Gasteiger partial charge in [0.2, 0.25) is 0 Å². The molecule has 4 heteroatoms. The van der Waals surface area contributed by atoms with E-state index in [-0.39, 0.29) is 6.61 Å². The topological polar surface area (TPSA) is 55.8 Å². The Morgan fingerprint density at radius 2 is 1.95 bits per heavy atom. The summed E-state index contributed by atoms with van der Waals surface area (Å²) in [5, 5.41) is 11.2. The number of carbonyl (C=O) groups is 1. The van der Waals surface area contributed by atoms with E-state index in [1.165, 1.54) is 0 Å². The van der Waals surface area contributed by atoms with E-state index in [1.54, 1.807) is 6.92 Å². The van der Waals surface area contributed by atoms with Crippen molar-refractivity contribution in [1.29, 1.82) is 0 Å². The summed E-state index contributed by atoms with van der Waals surface area (Å²) in [6.45, 7) is 5.05. The van der Waals surface area contributed by atoms with Gasteiger partial charge in [0.15, 0.2) is 0 Å². The van der Waals surface area contributed by atoms with Gasteiger partial charge in [-0.15, -0.1) is 0 Å². The van der Waals surface area contributed by atoms with E-state index in [0.29, 0.717) is 12.0 Å². The summed E-state index contributed by atoms with van der Waals surface area (Å²) in [6.07, 6.45) is -0.153. The van der Waals surface area contributed by atoms with Gasteiger partial charge in [0, 0.05) is 12.0 Å². The molecule has 0 fully saturated rings. The Bertz CT molecular complexity index is 648. The molecule has 0 spiro atoms. The zero-order valence-corrected chi connectivity index (χ0v) is 11.9. The van der Waals surface area contributed by atoms with Gasteiger partial charge in [0.05, 0.1) is 0 Å². The molecule has 2 aromatic carbocycles. The van der Waals surface area contributed by atoms with Crippen molar-refractivity contribution in [3.63, 3.8) is 0 Å². The number of esters is 1. The van der Waals surface area contributed by atoms with Crippen molar-refractivity contribution in [2.24, 2.45) is 0 Å². The lowest BCUT2D eigenvalue weighted by atomic mass is 10.0. The Balaban J connectivity index is 2.02. The minimum Gasteiger partial charge on any atom is -0.459 e. The molecule has 0 aliphatic rings. The molecule has 0 aliphatic heterocycles. The molecule has 110 valence electrons. The van der Waals surface area contributed by atoms with E-state index in [4.69, 9.17) is 9.99 Å². The highest BCUT2D eigenvalue weighted by Crippen LogP contribution is 2.17. The van der Waals surface area contributed by atoms with Gasteiger partial charge in [-0.05, 0) is 23.3 Å². The normalized spacial score (nSPS) is 12.1. The monoisotopic (exact) mass is 286 g/mol. The number of rotatable bonds is 6. The second kappa shape index (κ2) is 7.02. The van der Waals surface area contributed by atoms with Crippen LogP contribution < -0.4 is 0 Å². The van der Waals surface area contributed by atoms with Crippen LogP contribution in [0.2, 0.25) is 0 Å². The predicted octanol–water partition coefficient (Wildman–Crippen LogP) is 3.36. The smallest absolute Gasteiger partial charge is 0.333 e. The number of hydrogen-bond acceptors (Lipinski definition) is 4. The lowest BCUT2D eigenvalue weighted by molar-refractivity contribution is -0.285. The molecular weight excluding hydrogens is 268 g/mol. The first-order chi connectivity index (χ1) is 10.1. The molecule has 21 heavy (non-hydrogen) atoms. The van der Waals surface area contributed by atoms with Crippen LogP contribution in [0.4, 0.5) is 0 Å². The van der Waals surface area contributed by atoms with Crippen molar-refractivity contribution in [3.05, 3.63) is 60.2 Å². The number of hydrogen-bond donors (Lipinski definition) is 1. The SMILES string of the molecule is C=C(C)C(=O)OCC(Cc1ccc2ccccc2c1)OO. The van der Waals surface area contributed by atoms with Crippen LogP contribution in [0.5, 0.6) is 0 Å². The molecule has 0 radical (unpaired) electrons. The second-order valence-electron chi connectivity index (χ2n) is 4.99. The van der Waals surface area contributed by atoms with Gasteiger partial charge in [0.25, 0.3) is 0 Å².